The first kappa shape index (κ1) is 19.0. The summed E-state index contributed by atoms with van der Waals surface area (Å²) >= 11 is 0. The van der Waals surface area contributed by atoms with Crippen molar-refractivity contribution in [2.24, 2.45) is 5.41 Å². The average molecular weight is 324 g/mol. The van der Waals surface area contributed by atoms with Gasteiger partial charge in [0.2, 0.25) is 6.79 Å². The van der Waals surface area contributed by atoms with Gasteiger partial charge in [-0.1, -0.05) is 12.1 Å². The van der Waals surface area contributed by atoms with Gasteiger partial charge in [0.1, 0.15) is 5.75 Å². The fraction of sp³-hybridized carbons (Fsp3) is 0.529. The highest BCUT2D eigenvalue weighted by Gasteiger charge is 2.23. The van der Waals surface area contributed by atoms with Gasteiger partial charge < -0.3 is 18.9 Å². The van der Waals surface area contributed by atoms with E-state index in [9.17, 15) is 9.59 Å². The molecule has 0 fully saturated rings. The van der Waals surface area contributed by atoms with Crippen LogP contribution in [0, 0.1) is 5.41 Å². The zero-order valence-corrected chi connectivity index (χ0v) is 14.3. The van der Waals surface area contributed by atoms with Crippen LogP contribution in [0.4, 0.5) is 0 Å². The van der Waals surface area contributed by atoms with Gasteiger partial charge in [-0.05, 0) is 38.5 Å². The maximum absolute atomic E-state index is 11.6. The summed E-state index contributed by atoms with van der Waals surface area (Å²) in [5.74, 6) is -0.167. The SMILES string of the molecule is COC(=O)[C@H](Cc1ccc(OCOC(=O)C(C)(C)C)cc1)OC. The zero-order chi connectivity index (χ0) is 17.5. The molecule has 6 heteroatoms. The van der Waals surface area contributed by atoms with E-state index in [1.54, 1.807) is 32.9 Å². The van der Waals surface area contributed by atoms with Crippen LogP contribution in [-0.4, -0.2) is 39.1 Å². The minimum Gasteiger partial charge on any atom is -0.467 e. The molecule has 0 aliphatic heterocycles. The fourth-order valence-corrected chi connectivity index (χ4v) is 1.70. The van der Waals surface area contributed by atoms with Gasteiger partial charge in [0, 0.05) is 13.5 Å². The van der Waals surface area contributed by atoms with Gasteiger partial charge in [0.15, 0.2) is 6.10 Å². The standard InChI is InChI=1S/C17H24O6/c1-17(2,3)16(19)23-11-22-13-8-6-12(7-9-13)10-14(20-4)15(18)21-5/h6-9,14H,10-11H2,1-5H3/t14-/m0/s1. The Bertz CT molecular complexity index is 515. The van der Waals surface area contributed by atoms with Gasteiger partial charge in [-0.25, -0.2) is 4.79 Å². The van der Waals surface area contributed by atoms with E-state index < -0.39 is 17.5 Å². The van der Waals surface area contributed by atoms with Crippen LogP contribution in [-0.2, 0) is 30.2 Å². The molecule has 6 nitrogen and oxygen atoms in total. The van der Waals surface area contributed by atoms with Crippen molar-refractivity contribution in [3.63, 3.8) is 0 Å². The third kappa shape index (κ3) is 6.28. The van der Waals surface area contributed by atoms with Gasteiger partial charge in [-0.3, -0.25) is 4.79 Å². The normalized spacial score (nSPS) is 12.4. The van der Waals surface area contributed by atoms with Gasteiger partial charge in [0.05, 0.1) is 12.5 Å². The molecule has 1 atom stereocenters. The summed E-state index contributed by atoms with van der Waals surface area (Å²) in [4.78, 5) is 23.1. The number of methoxy groups -OCH3 is 2. The summed E-state index contributed by atoms with van der Waals surface area (Å²) in [7, 11) is 2.78. The first-order valence-electron chi connectivity index (χ1n) is 7.27. The van der Waals surface area contributed by atoms with E-state index in [0.717, 1.165) is 5.56 Å². The molecule has 0 radical (unpaired) electrons. The highest BCUT2D eigenvalue weighted by molar-refractivity contribution is 5.75. The minimum absolute atomic E-state index is 0.141. The van der Waals surface area contributed by atoms with E-state index in [-0.39, 0.29) is 12.8 Å². The van der Waals surface area contributed by atoms with E-state index in [1.807, 2.05) is 12.1 Å². The summed E-state index contributed by atoms with van der Waals surface area (Å²) in [6.45, 7) is 5.19. The molecule has 0 spiro atoms. The third-order valence-corrected chi connectivity index (χ3v) is 3.12. The fourth-order valence-electron chi connectivity index (χ4n) is 1.70. The molecule has 0 heterocycles. The number of hydrogen-bond donors (Lipinski definition) is 0. The van der Waals surface area contributed by atoms with Crippen LogP contribution < -0.4 is 4.74 Å². The van der Waals surface area contributed by atoms with Crippen LogP contribution in [0.5, 0.6) is 5.75 Å². The molecular weight excluding hydrogens is 300 g/mol. The Labute approximate surface area is 136 Å². The van der Waals surface area contributed by atoms with Crippen molar-refractivity contribution in [3.8, 4) is 5.75 Å². The zero-order valence-electron chi connectivity index (χ0n) is 14.3. The Morgan fingerprint density at radius 1 is 1.09 bits per heavy atom. The minimum atomic E-state index is -0.639. The van der Waals surface area contributed by atoms with E-state index in [1.165, 1.54) is 14.2 Å². The third-order valence-electron chi connectivity index (χ3n) is 3.12. The molecule has 0 unspecified atom stereocenters. The topological polar surface area (TPSA) is 71.1 Å². The Morgan fingerprint density at radius 3 is 2.17 bits per heavy atom. The number of benzene rings is 1. The van der Waals surface area contributed by atoms with Crippen LogP contribution in [0.3, 0.4) is 0 Å². The molecule has 0 aromatic heterocycles. The molecule has 1 aromatic rings. The second kappa shape index (κ2) is 8.53. The second-order valence-electron chi connectivity index (χ2n) is 6.04. The molecule has 0 saturated carbocycles. The largest absolute Gasteiger partial charge is 0.467 e. The van der Waals surface area contributed by atoms with Crippen molar-refractivity contribution in [3.05, 3.63) is 29.8 Å². The van der Waals surface area contributed by atoms with Gasteiger partial charge >= 0.3 is 11.9 Å². The number of carbonyl (C=O) groups excluding carboxylic acids is 2. The van der Waals surface area contributed by atoms with Crippen LogP contribution in [0.15, 0.2) is 24.3 Å². The van der Waals surface area contributed by atoms with E-state index in [2.05, 4.69) is 4.74 Å². The summed E-state index contributed by atoms with van der Waals surface area (Å²) in [6.07, 6.45) is -0.234. The predicted octanol–water partition coefficient (Wildman–Crippen LogP) is 2.34. The van der Waals surface area contributed by atoms with Crippen LogP contribution in [0.25, 0.3) is 0 Å². The molecule has 1 aromatic carbocycles. The Kier molecular flexibility index (Phi) is 7.03. The van der Waals surface area contributed by atoms with Crippen molar-refractivity contribution in [1.82, 2.24) is 0 Å². The van der Waals surface area contributed by atoms with Gasteiger partial charge in [-0.2, -0.15) is 0 Å². The second-order valence-corrected chi connectivity index (χ2v) is 6.04. The molecule has 0 aliphatic carbocycles. The molecule has 0 aliphatic rings. The van der Waals surface area contributed by atoms with Crippen molar-refractivity contribution < 1.29 is 28.5 Å². The molecule has 128 valence electrons. The summed E-state index contributed by atoms with van der Waals surface area (Å²) in [5, 5.41) is 0. The highest BCUT2D eigenvalue weighted by atomic mass is 16.7. The van der Waals surface area contributed by atoms with Gasteiger partial charge in [0.25, 0.3) is 0 Å². The number of ether oxygens (including phenoxy) is 4. The maximum atomic E-state index is 11.6. The summed E-state index contributed by atoms with van der Waals surface area (Å²) in [5.41, 5.74) is 0.345. The van der Waals surface area contributed by atoms with Crippen LogP contribution in [0.2, 0.25) is 0 Å². The van der Waals surface area contributed by atoms with Crippen molar-refractivity contribution in [2.45, 2.75) is 33.3 Å². The van der Waals surface area contributed by atoms with Crippen LogP contribution >= 0.6 is 0 Å². The Balaban J connectivity index is 2.50. The lowest BCUT2D eigenvalue weighted by atomic mass is 9.98. The molecule has 0 bridgehead atoms. The quantitative estimate of drug-likeness (QED) is 0.566. The van der Waals surface area contributed by atoms with E-state index in [4.69, 9.17) is 14.2 Å². The van der Waals surface area contributed by atoms with Gasteiger partial charge in [-0.15, -0.1) is 0 Å². The Morgan fingerprint density at radius 2 is 1.70 bits per heavy atom. The number of rotatable bonds is 7. The molecule has 0 amide bonds. The molecule has 23 heavy (non-hydrogen) atoms. The summed E-state index contributed by atoms with van der Waals surface area (Å²) in [6, 6.07) is 7.11. The van der Waals surface area contributed by atoms with E-state index >= 15 is 0 Å². The first-order chi connectivity index (χ1) is 10.8. The van der Waals surface area contributed by atoms with Crippen molar-refractivity contribution in [1.29, 1.82) is 0 Å². The molecule has 0 saturated heterocycles. The number of esters is 2. The van der Waals surface area contributed by atoms with E-state index in [0.29, 0.717) is 12.2 Å². The average Bonchev–Trinajstić information content (AvgIpc) is 2.52. The maximum Gasteiger partial charge on any atom is 0.335 e. The Hall–Kier alpha value is -2.08. The monoisotopic (exact) mass is 324 g/mol. The smallest absolute Gasteiger partial charge is 0.335 e. The molecular formula is C17H24O6. The first-order valence-corrected chi connectivity index (χ1v) is 7.27. The lowest BCUT2D eigenvalue weighted by molar-refractivity contribution is -0.159. The van der Waals surface area contributed by atoms with Crippen molar-refractivity contribution in [2.75, 3.05) is 21.0 Å². The lowest BCUT2D eigenvalue weighted by Gasteiger charge is -2.17. The molecule has 1 rings (SSSR count). The highest BCUT2D eigenvalue weighted by Crippen LogP contribution is 2.17. The predicted molar refractivity (Wildman–Crippen MR) is 84.0 cm³/mol. The number of carbonyl (C=O) groups is 2. The summed E-state index contributed by atoms with van der Waals surface area (Å²) < 4.78 is 20.1. The molecule has 0 N–H and O–H groups in total. The lowest BCUT2D eigenvalue weighted by Crippen LogP contribution is -2.26. The van der Waals surface area contributed by atoms with Crippen molar-refractivity contribution >= 4 is 11.9 Å². The number of hydrogen-bond acceptors (Lipinski definition) is 6. The van der Waals surface area contributed by atoms with Crippen LogP contribution in [0.1, 0.15) is 26.3 Å².